The number of hydrogen-bond acceptors (Lipinski definition) is 3. The number of benzene rings is 4. The zero-order valence-electron chi connectivity index (χ0n) is 20.5. The topological polar surface area (TPSA) is 31.1 Å². The molecule has 0 aliphatic carbocycles. The number of nitrogens with zero attached hydrogens (tertiary/aromatic N) is 3. The van der Waals surface area contributed by atoms with Crippen LogP contribution in [0.5, 0.6) is 23.1 Å². The largest absolute Gasteiger partial charge is 0.455 e. The molecule has 10 rings (SSSR count). The number of rotatable bonds is 1. The third-order valence-corrected chi connectivity index (χ3v) is 9.49. The molecule has 0 saturated heterocycles. The molecule has 0 fully saturated rings. The van der Waals surface area contributed by atoms with Crippen LogP contribution in [0.4, 0.5) is 0 Å². The lowest BCUT2D eigenvalue weighted by molar-refractivity contribution is -0.997. The molecule has 4 aromatic carbocycles. The fourth-order valence-corrected chi connectivity index (χ4v) is 7.88. The summed E-state index contributed by atoms with van der Waals surface area (Å²) in [4.78, 5) is 0. The predicted octanol–water partition coefficient (Wildman–Crippen LogP) is 6.91. The molecule has 0 amide bonds. The SMILES string of the molecule is c1cc2c3c(c1)Oc1cccc[n+]1C31c3c(cccc3-n3cc(-c4ccc5sc6ccccc6c5c4)c[n+]31)O2. The number of hydrogen-bond donors (Lipinski definition) is 0. The number of pyridine rings is 1. The Bertz CT molecular complexity index is 2200. The van der Waals surface area contributed by atoms with E-state index in [1.165, 1.54) is 25.7 Å². The van der Waals surface area contributed by atoms with Gasteiger partial charge in [0.25, 0.3) is 0 Å². The fourth-order valence-electron chi connectivity index (χ4n) is 6.80. The van der Waals surface area contributed by atoms with Gasteiger partial charge in [0.2, 0.25) is 6.20 Å². The van der Waals surface area contributed by atoms with Crippen LogP contribution in [0.1, 0.15) is 11.1 Å². The van der Waals surface area contributed by atoms with Crippen LogP contribution in [-0.2, 0) is 5.66 Å². The van der Waals surface area contributed by atoms with Gasteiger partial charge in [-0.15, -0.1) is 16.0 Å². The second-order valence-corrected chi connectivity index (χ2v) is 11.4. The van der Waals surface area contributed by atoms with Gasteiger partial charge in [-0.2, -0.15) is 0 Å². The van der Waals surface area contributed by atoms with Gasteiger partial charge in [0.1, 0.15) is 17.2 Å². The highest BCUT2D eigenvalue weighted by atomic mass is 32.1. The predicted molar refractivity (Wildman–Crippen MR) is 149 cm³/mol. The quantitative estimate of drug-likeness (QED) is 0.220. The van der Waals surface area contributed by atoms with Crippen LogP contribution >= 0.6 is 11.3 Å². The average Bonchev–Trinajstić information content (AvgIpc) is 3.65. The summed E-state index contributed by atoms with van der Waals surface area (Å²) < 4.78 is 22.4. The first-order chi connectivity index (χ1) is 19.3. The summed E-state index contributed by atoms with van der Waals surface area (Å²) >= 11 is 1.85. The molecule has 5 nitrogen and oxygen atoms in total. The molecular formula is C33H19N3O2S+2. The Morgan fingerprint density at radius 3 is 2.41 bits per heavy atom. The number of ether oxygens (including phenoxy) is 2. The Hall–Kier alpha value is -4.94. The fraction of sp³-hybridized carbons (Fsp3) is 0.0303. The van der Waals surface area contributed by atoms with Crippen LogP contribution < -0.4 is 18.7 Å². The molecule has 0 N–H and O–H groups in total. The van der Waals surface area contributed by atoms with Crippen molar-refractivity contribution in [1.29, 1.82) is 0 Å². The Morgan fingerprint density at radius 2 is 1.46 bits per heavy atom. The van der Waals surface area contributed by atoms with Crippen LogP contribution in [0.3, 0.4) is 0 Å². The maximum Gasteiger partial charge on any atom is 0.452 e. The summed E-state index contributed by atoms with van der Waals surface area (Å²) in [6.07, 6.45) is 6.64. The third kappa shape index (κ3) is 2.29. The lowest BCUT2D eigenvalue weighted by atomic mass is 9.85. The van der Waals surface area contributed by atoms with Crippen LogP contribution in [0.2, 0.25) is 0 Å². The van der Waals surface area contributed by atoms with E-state index in [2.05, 4.69) is 99.3 Å². The van der Waals surface area contributed by atoms with E-state index in [4.69, 9.17) is 9.47 Å². The summed E-state index contributed by atoms with van der Waals surface area (Å²) in [5.74, 6) is 3.29. The van der Waals surface area contributed by atoms with Crippen molar-refractivity contribution < 1.29 is 18.7 Å². The van der Waals surface area contributed by atoms with Crippen molar-refractivity contribution in [2.45, 2.75) is 5.66 Å². The highest BCUT2D eigenvalue weighted by Gasteiger charge is 2.71. The maximum absolute atomic E-state index is 6.50. The van der Waals surface area contributed by atoms with Gasteiger partial charge in [-0.25, -0.2) is 0 Å². The van der Waals surface area contributed by atoms with E-state index in [1.54, 1.807) is 0 Å². The van der Waals surface area contributed by atoms with Crippen LogP contribution in [0, 0.1) is 0 Å². The molecule has 1 unspecified atom stereocenters. The van der Waals surface area contributed by atoms with Gasteiger partial charge in [0.05, 0.1) is 17.8 Å². The standard InChI is InChI=1S/C33H19N3O2S/c1-2-12-28-22(7-1)23-17-20(14-15-29(23)39-28)21-18-35-24-8-5-9-25-31(24)33(36(35)19-21)32-26(37-25)10-6-11-27(32)38-30-13-3-4-16-34(30)33/h1-19H/q+2. The van der Waals surface area contributed by atoms with Crippen molar-refractivity contribution in [3.8, 4) is 39.9 Å². The molecular weight excluding hydrogens is 502 g/mol. The minimum atomic E-state index is -0.678. The molecule has 0 bridgehead atoms. The van der Waals surface area contributed by atoms with Gasteiger partial charge in [-0.05, 0) is 58.8 Å². The Balaban J connectivity index is 1.30. The third-order valence-electron chi connectivity index (χ3n) is 8.34. The van der Waals surface area contributed by atoms with Crippen molar-refractivity contribution >= 4 is 31.5 Å². The molecule has 0 radical (unpaired) electrons. The highest BCUT2D eigenvalue weighted by Crippen LogP contribution is 2.55. The Kier molecular flexibility index (Phi) is 3.46. The van der Waals surface area contributed by atoms with E-state index >= 15 is 0 Å². The second kappa shape index (κ2) is 6.73. The van der Waals surface area contributed by atoms with Crippen LogP contribution in [-0.4, -0.2) is 4.68 Å². The van der Waals surface area contributed by atoms with Crippen molar-refractivity contribution in [2.24, 2.45) is 0 Å². The molecule has 1 atom stereocenters. The van der Waals surface area contributed by atoms with Crippen LogP contribution in [0.15, 0.2) is 116 Å². The molecule has 39 heavy (non-hydrogen) atoms. The number of aromatic nitrogens is 3. The zero-order valence-corrected chi connectivity index (χ0v) is 21.4. The van der Waals surface area contributed by atoms with E-state index in [1.807, 2.05) is 41.7 Å². The first-order valence-electron chi connectivity index (χ1n) is 13.0. The lowest BCUT2D eigenvalue weighted by Gasteiger charge is -2.31. The summed E-state index contributed by atoms with van der Waals surface area (Å²) in [7, 11) is 0. The van der Waals surface area contributed by atoms with Crippen molar-refractivity contribution in [3.05, 3.63) is 127 Å². The molecule has 7 aromatic rings. The normalized spacial score (nSPS) is 17.2. The van der Waals surface area contributed by atoms with Gasteiger partial charge < -0.3 is 9.47 Å². The van der Waals surface area contributed by atoms with E-state index in [0.29, 0.717) is 0 Å². The van der Waals surface area contributed by atoms with E-state index in [0.717, 1.165) is 45.5 Å². The van der Waals surface area contributed by atoms with Gasteiger partial charge in [0, 0.05) is 26.2 Å². The smallest absolute Gasteiger partial charge is 0.452 e. The van der Waals surface area contributed by atoms with E-state index < -0.39 is 5.66 Å². The molecule has 3 aromatic heterocycles. The molecule has 3 aliphatic heterocycles. The first kappa shape index (κ1) is 20.1. The minimum absolute atomic E-state index is 0.678. The number of fused-ring (bicyclic) bond motifs is 6. The molecule has 1 spiro atoms. The molecule has 3 aliphatic rings. The maximum atomic E-state index is 6.50. The second-order valence-electron chi connectivity index (χ2n) is 10.3. The molecule has 6 heterocycles. The zero-order chi connectivity index (χ0) is 25.3. The highest BCUT2D eigenvalue weighted by molar-refractivity contribution is 7.25. The van der Waals surface area contributed by atoms with E-state index in [9.17, 15) is 0 Å². The summed E-state index contributed by atoms with van der Waals surface area (Å²) in [5, 5.41) is 2.61. The van der Waals surface area contributed by atoms with Gasteiger partial charge in [-0.1, -0.05) is 41.0 Å². The Morgan fingerprint density at radius 1 is 0.667 bits per heavy atom. The lowest BCUT2D eigenvalue weighted by Crippen LogP contribution is -2.75. The minimum Gasteiger partial charge on any atom is -0.455 e. The summed E-state index contributed by atoms with van der Waals surface area (Å²) in [6, 6.07) is 34.0. The monoisotopic (exact) mass is 521 g/mol. The molecule has 182 valence electrons. The molecule has 6 heteroatoms. The van der Waals surface area contributed by atoms with E-state index in [-0.39, 0.29) is 0 Å². The van der Waals surface area contributed by atoms with Crippen molar-refractivity contribution in [1.82, 2.24) is 4.68 Å². The van der Waals surface area contributed by atoms with Crippen LogP contribution in [0.25, 0.3) is 37.0 Å². The van der Waals surface area contributed by atoms with Gasteiger partial charge in [-0.3, -0.25) is 0 Å². The van der Waals surface area contributed by atoms with Crippen molar-refractivity contribution in [2.75, 3.05) is 0 Å². The summed E-state index contributed by atoms with van der Waals surface area (Å²) in [6.45, 7) is 0. The first-order valence-corrected chi connectivity index (χ1v) is 13.8. The summed E-state index contributed by atoms with van der Waals surface area (Å²) in [5.41, 5.74) is 4.92. The van der Waals surface area contributed by atoms with Crippen molar-refractivity contribution in [3.63, 3.8) is 0 Å². The average molecular weight is 522 g/mol. The Labute approximate surface area is 226 Å². The van der Waals surface area contributed by atoms with Gasteiger partial charge >= 0.3 is 11.5 Å². The van der Waals surface area contributed by atoms with Gasteiger partial charge in [0.15, 0.2) is 23.1 Å². The number of thiophene rings is 1. The molecule has 0 saturated carbocycles.